The summed E-state index contributed by atoms with van der Waals surface area (Å²) < 4.78 is 0. The average molecular weight is 350 g/mol. The van der Waals surface area contributed by atoms with Crippen molar-refractivity contribution in [3.8, 4) is 0 Å². The predicted octanol–water partition coefficient (Wildman–Crippen LogP) is 1.94. The van der Waals surface area contributed by atoms with Crippen LogP contribution in [0.1, 0.15) is 31.1 Å². The third kappa shape index (κ3) is 4.36. The van der Waals surface area contributed by atoms with Gasteiger partial charge in [0, 0.05) is 44.0 Å². The summed E-state index contributed by atoms with van der Waals surface area (Å²) in [6, 6.07) is 4.29. The van der Waals surface area contributed by atoms with Crippen LogP contribution in [0.4, 0.5) is 0 Å². The van der Waals surface area contributed by atoms with E-state index < -0.39 is 0 Å². The maximum absolute atomic E-state index is 12.3. The van der Waals surface area contributed by atoms with E-state index in [4.69, 9.17) is 0 Å². The lowest BCUT2D eigenvalue weighted by atomic mass is 9.97. The van der Waals surface area contributed by atoms with Gasteiger partial charge in [-0.2, -0.15) is 0 Å². The molecule has 3 rings (SSSR count). The Morgan fingerprint density at radius 3 is 3.00 bits per heavy atom. The molecule has 3 heterocycles. The van der Waals surface area contributed by atoms with Crippen molar-refractivity contribution in [3.63, 3.8) is 0 Å². The Labute approximate surface area is 148 Å². The fourth-order valence-corrected chi connectivity index (χ4v) is 4.47. The van der Waals surface area contributed by atoms with E-state index in [2.05, 4.69) is 27.7 Å². The quantitative estimate of drug-likeness (QED) is 0.854. The Hall–Kier alpha value is -1.40. The summed E-state index contributed by atoms with van der Waals surface area (Å²) >= 11 is 1.81. The molecule has 0 aromatic carbocycles. The maximum atomic E-state index is 12.3. The molecule has 0 radical (unpaired) electrons. The number of carbonyl (C=O) groups is 2. The lowest BCUT2D eigenvalue weighted by molar-refractivity contribution is -0.128. The van der Waals surface area contributed by atoms with Crippen molar-refractivity contribution < 1.29 is 9.59 Å². The fourth-order valence-electron chi connectivity index (χ4n) is 3.73. The first-order chi connectivity index (χ1) is 11.7. The summed E-state index contributed by atoms with van der Waals surface area (Å²) in [6.07, 6.45) is 2.73. The van der Waals surface area contributed by atoms with Crippen LogP contribution in [0.5, 0.6) is 0 Å². The molecule has 0 spiro atoms. The lowest BCUT2D eigenvalue weighted by Gasteiger charge is -2.32. The highest BCUT2D eigenvalue weighted by atomic mass is 32.1. The van der Waals surface area contributed by atoms with Gasteiger partial charge in [-0.05, 0) is 43.7 Å². The molecule has 0 bridgehead atoms. The summed E-state index contributed by atoms with van der Waals surface area (Å²) in [5.74, 6) is 0.512. The molecule has 0 unspecified atom stereocenters. The molecule has 2 aliphatic rings. The van der Waals surface area contributed by atoms with E-state index in [1.54, 1.807) is 4.90 Å². The van der Waals surface area contributed by atoms with Crippen LogP contribution in [0.3, 0.4) is 0 Å². The number of rotatable bonds is 6. The number of thiophene rings is 1. The second kappa shape index (κ2) is 8.12. The molecule has 2 amide bonds. The second-order valence-corrected chi connectivity index (χ2v) is 7.93. The van der Waals surface area contributed by atoms with Crippen molar-refractivity contribution in [3.05, 3.63) is 22.4 Å². The van der Waals surface area contributed by atoms with Gasteiger partial charge in [-0.3, -0.25) is 14.5 Å². The number of likely N-dealkylation sites (tertiary alicyclic amines) is 2. The average Bonchev–Trinajstić information content (AvgIpc) is 3.22. The van der Waals surface area contributed by atoms with Crippen molar-refractivity contribution in [2.75, 3.05) is 32.7 Å². The van der Waals surface area contributed by atoms with E-state index >= 15 is 0 Å². The van der Waals surface area contributed by atoms with Gasteiger partial charge >= 0.3 is 0 Å². The van der Waals surface area contributed by atoms with Gasteiger partial charge in [0.2, 0.25) is 11.8 Å². The van der Waals surface area contributed by atoms with E-state index in [0.717, 1.165) is 26.2 Å². The summed E-state index contributed by atoms with van der Waals surface area (Å²) in [5.41, 5.74) is 0. The normalized spacial score (nSPS) is 25.2. The number of nitrogens with one attached hydrogen (secondary N) is 1. The van der Waals surface area contributed by atoms with Crippen molar-refractivity contribution in [1.29, 1.82) is 0 Å². The molecule has 2 saturated heterocycles. The molecule has 24 heavy (non-hydrogen) atoms. The topological polar surface area (TPSA) is 52.7 Å². The lowest BCUT2D eigenvalue weighted by Crippen LogP contribution is -2.42. The molecule has 2 aliphatic heterocycles. The van der Waals surface area contributed by atoms with Crippen LogP contribution >= 0.6 is 11.3 Å². The largest absolute Gasteiger partial charge is 0.355 e. The molecule has 1 aromatic rings. The first kappa shape index (κ1) is 17.4. The Morgan fingerprint density at radius 1 is 1.42 bits per heavy atom. The van der Waals surface area contributed by atoms with Crippen molar-refractivity contribution in [2.24, 2.45) is 11.8 Å². The highest BCUT2D eigenvalue weighted by molar-refractivity contribution is 7.09. The van der Waals surface area contributed by atoms with E-state index in [-0.39, 0.29) is 17.7 Å². The SMILES string of the molecule is CCN1C[C@H](C(=O)NC[C@@H]2CCCN(Cc3cccs3)C2)CC1=O. The maximum Gasteiger partial charge on any atom is 0.225 e. The van der Waals surface area contributed by atoms with Crippen LogP contribution in [0.25, 0.3) is 0 Å². The van der Waals surface area contributed by atoms with Gasteiger partial charge in [0.25, 0.3) is 0 Å². The standard InChI is InChI=1S/C18H27N3O2S/c1-2-21-12-15(9-17(21)22)18(23)19-10-14-5-3-7-20(11-14)13-16-6-4-8-24-16/h4,6,8,14-15H,2-3,5,7,9-13H2,1H3,(H,19,23)/t14-,15+/m0/s1. The van der Waals surface area contributed by atoms with E-state index in [1.807, 2.05) is 18.3 Å². The monoisotopic (exact) mass is 349 g/mol. The smallest absolute Gasteiger partial charge is 0.225 e. The zero-order chi connectivity index (χ0) is 16.9. The van der Waals surface area contributed by atoms with Gasteiger partial charge in [-0.15, -0.1) is 11.3 Å². The zero-order valence-corrected chi connectivity index (χ0v) is 15.2. The minimum absolute atomic E-state index is 0.0506. The minimum Gasteiger partial charge on any atom is -0.355 e. The van der Waals surface area contributed by atoms with E-state index in [9.17, 15) is 9.59 Å². The van der Waals surface area contributed by atoms with Crippen LogP contribution in [0.15, 0.2) is 17.5 Å². The van der Waals surface area contributed by atoms with Gasteiger partial charge < -0.3 is 10.2 Å². The molecular weight excluding hydrogens is 322 g/mol. The second-order valence-electron chi connectivity index (χ2n) is 6.90. The van der Waals surface area contributed by atoms with Gasteiger partial charge in [-0.25, -0.2) is 0 Å². The zero-order valence-electron chi connectivity index (χ0n) is 14.4. The summed E-state index contributed by atoms with van der Waals surface area (Å²) in [6.45, 7) is 7.18. The molecule has 6 heteroatoms. The number of hydrogen-bond acceptors (Lipinski definition) is 4. The molecule has 1 aromatic heterocycles. The van der Waals surface area contributed by atoms with Gasteiger partial charge in [0.05, 0.1) is 5.92 Å². The van der Waals surface area contributed by atoms with Gasteiger partial charge in [0.15, 0.2) is 0 Å². The van der Waals surface area contributed by atoms with Gasteiger partial charge in [0.1, 0.15) is 0 Å². The number of hydrogen-bond donors (Lipinski definition) is 1. The molecule has 132 valence electrons. The van der Waals surface area contributed by atoms with E-state index in [1.165, 1.54) is 17.7 Å². The molecule has 2 atom stereocenters. The molecular formula is C18H27N3O2S. The third-order valence-corrected chi connectivity index (χ3v) is 5.96. The van der Waals surface area contributed by atoms with Crippen LogP contribution in [0.2, 0.25) is 0 Å². The Morgan fingerprint density at radius 2 is 2.29 bits per heavy atom. The van der Waals surface area contributed by atoms with Gasteiger partial charge in [-0.1, -0.05) is 6.07 Å². The van der Waals surface area contributed by atoms with Crippen molar-refractivity contribution in [2.45, 2.75) is 32.7 Å². The number of amides is 2. The van der Waals surface area contributed by atoms with Crippen molar-refractivity contribution in [1.82, 2.24) is 15.1 Å². The Balaban J connectivity index is 1.42. The molecule has 0 saturated carbocycles. The number of nitrogens with zero attached hydrogens (tertiary/aromatic N) is 2. The fraction of sp³-hybridized carbons (Fsp3) is 0.667. The molecule has 5 nitrogen and oxygen atoms in total. The predicted molar refractivity (Wildman–Crippen MR) is 95.7 cm³/mol. The highest BCUT2D eigenvalue weighted by Crippen LogP contribution is 2.21. The van der Waals surface area contributed by atoms with E-state index in [0.29, 0.717) is 25.4 Å². The van der Waals surface area contributed by atoms with Crippen LogP contribution in [-0.4, -0.2) is 54.3 Å². The Bertz CT molecular complexity index is 561. The number of piperidine rings is 1. The first-order valence-electron chi connectivity index (χ1n) is 8.96. The minimum atomic E-state index is -0.164. The summed E-state index contributed by atoms with van der Waals surface area (Å²) in [5, 5.41) is 5.22. The molecule has 1 N–H and O–H groups in total. The van der Waals surface area contributed by atoms with Crippen LogP contribution in [-0.2, 0) is 16.1 Å². The van der Waals surface area contributed by atoms with Crippen LogP contribution in [0, 0.1) is 11.8 Å². The third-order valence-electron chi connectivity index (χ3n) is 5.09. The summed E-state index contributed by atoms with van der Waals surface area (Å²) in [7, 11) is 0. The first-order valence-corrected chi connectivity index (χ1v) is 9.84. The Kier molecular flexibility index (Phi) is 5.89. The molecule has 0 aliphatic carbocycles. The van der Waals surface area contributed by atoms with Crippen LogP contribution < -0.4 is 5.32 Å². The highest BCUT2D eigenvalue weighted by Gasteiger charge is 2.33. The number of carbonyl (C=O) groups excluding carboxylic acids is 2. The van der Waals surface area contributed by atoms with Crippen molar-refractivity contribution >= 4 is 23.2 Å². The summed E-state index contributed by atoms with van der Waals surface area (Å²) in [4.78, 5) is 29.8. The molecule has 2 fully saturated rings.